The van der Waals surface area contributed by atoms with Crippen LogP contribution in [-0.4, -0.2) is 32.7 Å². The van der Waals surface area contributed by atoms with Crippen molar-refractivity contribution in [2.75, 3.05) is 0 Å². The molecule has 6 heteroatoms. The third-order valence-corrected chi connectivity index (χ3v) is 8.68. The van der Waals surface area contributed by atoms with Crippen LogP contribution in [0.2, 0.25) is 0 Å². The van der Waals surface area contributed by atoms with Gasteiger partial charge < -0.3 is 4.90 Å². The lowest BCUT2D eigenvalue weighted by molar-refractivity contribution is -0.154. The van der Waals surface area contributed by atoms with Gasteiger partial charge in [0.15, 0.2) is 0 Å². The number of hydrogen-bond acceptors (Lipinski definition) is 3. The molecule has 5 nitrogen and oxygen atoms in total. The van der Waals surface area contributed by atoms with Crippen molar-refractivity contribution >= 4 is 16.8 Å². The maximum Gasteiger partial charge on any atom is 0.224 e. The summed E-state index contributed by atoms with van der Waals surface area (Å²) in [5.74, 6) is 0.875. The molecule has 3 saturated carbocycles. The van der Waals surface area contributed by atoms with Gasteiger partial charge in [-0.3, -0.25) is 9.48 Å². The fraction of sp³-hybridized carbons (Fsp3) is 0.654. The highest BCUT2D eigenvalue weighted by molar-refractivity contribution is 5.89. The van der Waals surface area contributed by atoms with Crippen molar-refractivity contribution in [2.45, 2.75) is 88.6 Å². The third-order valence-electron chi connectivity index (χ3n) is 8.68. The van der Waals surface area contributed by atoms with Crippen LogP contribution < -0.4 is 0 Å². The van der Waals surface area contributed by atoms with Gasteiger partial charge in [0.05, 0.1) is 22.7 Å². The van der Waals surface area contributed by atoms with Crippen LogP contribution >= 0.6 is 0 Å². The molecular weight excluding hydrogens is 403 g/mol. The fourth-order valence-electron chi connectivity index (χ4n) is 7.32. The molecule has 5 aliphatic rings. The lowest BCUT2D eigenvalue weighted by Crippen LogP contribution is -2.63. The number of carbonyl (C=O) groups excluding carboxylic acids is 1. The van der Waals surface area contributed by atoms with Crippen molar-refractivity contribution < 1.29 is 9.18 Å². The van der Waals surface area contributed by atoms with Crippen molar-refractivity contribution in [3.63, 3.8) is 0 Å². The molecule has 168 valence electrons. The van der Waals surface area contributed by atoms with Crippen LogP contribution in [0.5, 0.6) is 0 Å². The van der Waals surface area contributed by atoms with Gasteiger partial charge in [0, 0.05) is 41.9 Å². The first-order valence-corrected chi connectivity index (χ1v) is 12.1. The van der Waals surface area contributed by atoms with E-state index in [1.165, 1.54) is 0 Å². The van der Waals surface area contributed by atoms with E-state index in [1.807, 2.05) is 17.8 Å². The number of nitrogens with zero attached hydrogens (tertiary/aromatic N) is 4. The summed E-state index contributed by atoms with van der Waals surface area (Å²) in [6.45, 7) is 4.14. The van der Waals surface area contributed by atoms with Crippen molar-refractivity contribution in [1.82, 2.24) is 14.7 Å². The molecule has 1 aromatic heterocycles. The fourth-order valence-corrected chi connectivity index (χ4v) is 7.32. The first kappa shape index (κ1) is 20.2. The molecule has 2 unspecified atom stereocenters. The molecule has 2 aliphatic heterocycles. The summed E-state index contributed by atoms with van der Waals surface area (Å²) in [6.07, 6.45) is 7.13. The average molecular weight is 435 g/mol. The number of aryl methyl sites for hydroxylation is 1. The number of piperidine rings is 2. The number of carbonyl (C=O) groups is 1. The summed E-state index contributed by atoms with van der Waals surface area (Å²) in [6, 6.07) is 6.38. The van der Waals surface area contributed by atoms with Crippen LogP contribution in [-0.2, 0) is 17.3 Å². The highest BCUT2D eigenvalue weighted by Crippen LogP contribution is 2.56. The SMILES string of the molecule is Cn1nc(C(C)(C)CC(=O)N2C3CC4CC2CC(C#N)(C4)C3)c2c(C3CC3)c(F)ccc21. The van der Waals surface area contributed by atoms with Gasteiger partial charge in [-0.05, 0) is 68.9 Å². The largest absolute Gasteiger partial charge is 0.337 e. The van der Waals surface area contributed by atoms with Crippen molar-refractivity contribution in [1.29, 1.82) is 5.26 Å². The predicted molar refractivity (Wildman–Crippen MR) is 119 cm³/mol. The van der Waals surface area contributed by atoms with Gasteiger partial charge in [0.1, 0.15) is 5.82 Å². The number of benzene rings is 1. The van der Waals surface area contributed by atoms with E-state index in [-0.39, 0.29) is 35.1 Å². The summed E-state index contributed by atoms with van der Waals surface area (Å²) in [4.78, 5) is 15.8. The van der Waals surface area contributed by atoms with Gasteiger partial charge in [0.25, 0.3) is 0 Å². The summed E-state index contributed by atoms with van der Waals surface area (Å²) < 4.78 is 16.7. The van der Waals surface area contributed by atoms with Gasteiger partial charge in [-0.2, -0.15) is 10.4 Å². The first-order valence-electron chi connectivity index (χ1n) is 12.1. The second-order valence-electron chi connectivity index (χ2n) is 11.6. The van der Waals surface area contributed by atoms with Gasteiger partial charge in [-0.25, -0.2) is 4.39 Å². The summed E-state index contributed by atoms with van der Waals surface area (Å²) in [7, 11) is 1.90. The zero-order valence-electron chi connectivity index (χ0n) is 19.2. The van der Waals surface area contributed by atoms with Crippen LogP contribution in [0, 0.1) is 28.5 Å². The molecule has 5 fully saturated rings. The van der Waals surface area contributed by atoms with E-state index in [4.69, 9.17) is 5.10 Å². The Morgan fingerprint density at radius 2 is 1.94 bits per heavy atom. The van der Waals surface area contributed by atoms with Crippen molar-refractivity contribution in [3.05, 3.63) is 29.2 Å². The number of hydrogen-bond donors (Lipinski definition) is 0. The molecule has 1 aromatic carbocycles. The molecule has 3 heterocycles. The molecule has 2 saturated heterocycles. The van der Waals surface area contributed by atoms with Gasteiger partial charge >= 0.3 is 0 Å². The van der Waals surface area contributed by atoms with Gasteiger partial charge in [-0.15, -0.1) is 0 Å². The second-order valence-corrected chi connectivity index (χ2v) is 11.6. The lowest BCUT2D eigenvalue weighted by Gasteiger charge is -2.59. The smallest absolute Gasteiger partial charge is 0.224 e. The summed E-state index contributed by atoms with van der Waals surface area (Å²) >= 11 is 0. The van der Waals surface area contributed by atoms with E-state index in [9.17, 15) is 14.4 Å². The van der Waals surface area contributed by atoms with Crippen LogP contribution in [0.25, 0.3) is 10.9 Å². The minimum Gasteiger partial charge on any atom is -0.337 e. The van der Waals surface area contributed by atoms with Crippen LogP contribution in [0.15, 0.2) is 12.1 Å². The monoisotopic (exact) mass is 434 g/mol. The quantitative estimate of drug-likeness (QED) is 0.685. The molecule has 4 bridgehead atoms. The molecule has 3 aliphatic carbocycles. The van der Waals surface area contributed by atoms with E-state index >= 15 is 0 Å². The molecule has 2 aromatic rings. The van der Waals surface area contributed by atoms with Crippen molar-refractivity contribution in [3.8, 4) is 6.07 Å². The van der Waals surface area contributed by atoms with E-state index in [0.29, 0.717) is 12.3 Å². The zero-order valence-corrected chi connectivity index (χ0v) is 19.2. The molecular formula is C26H31FN4O. The topological polar surface area (TPSA) is 61.9 Å². The normalized spacial score (nSPS) is 31.3. The van der Waals surface area contributed by atoms with E-state index < -0.39 is 5.41 Å². The molecule has 1 amide bonds. The van der Waals surface area contributed by atoms with E-state index in [1.54, 1.807) is 6.07 Å². The van der Waals surface area contributed by atoms with E-state index in [0.717, 1.165) is 67.1 Å². The maximum atomic E-state index is 14.9. The Kier molecular flexibility index (Phi) is 4.14. The predicted octanol–water partition coefficient (Wildman–Crippen LogP) is 4.94. The molecule has 2 atom stereocenters. The van der Waals surface area contributed by atoms with Gasteiger partial charge in [-0.1, -0.05) is 13.8 Å². The second kappa shape index (κ2) is 6.56. The Labute approximate surface area is 188 Å². The number of halogens is 1. The molecule has 0 spiro atoms. The summed E-state index contributed by atoms with van der Waals surface area (Å²) in [5, 5.41) is 15.5. The Balaban J connectivity index is 1.33. The van der Waals surface area contributed by atoms with E-state index in [2.05, 4.69) is 24.8 Å². The van der Waals surface area contributed by atoms with Crippen LogP contribution in [0.1, 0.15) is 82.4 Å². The maximum absolute atomic E-state index is 14.9. The highest BCUT2D eigenvalue weighted by Gasteiger charge is 2.56. The Hall–Kier alpha value is -2.42. The number of fused-ring (bicyclic) bond motifs is 1. The zero-order chi connectivity index (χ0) is 22.4. The van der Waals surface area contributed by atoms with Crippen LogP contribution in [0.3, 0.4) is 0 Å². The number of rotatable bonds is 4. The molecule has 7 rings (SSSR count). The molecule has 32 heavy (non-hydrogen) atoms. The standard InChI is InChI=1S/C26H31FN4O/c1-25(2,24-23-20(30(3)29-24)7-6-19(27)22(23)16-4-5-16)13-21(32)31-17-8-15-9-18(31)12-26(10-15,11-17)14-28/h6-7,15-18H,4-5,8-13H2,1-3H3. The summed E-state index contributed by atoms with van der Waals surface area (Å²) in [5.41, 5.74) is 1.85. The average Bonchev–Trinajstić information content (AvgIpc) is 3.49. The molecule has 0 N–H and O–H groups in total. The lowest BCUT2D eigenvalue weighted by atomic mass is 9.56. The number of aromatic nitrogens is 2. The highest BCUT2D eigenvalue weighted by atomic mass is 19.1. The first-order chi connectivity index (χ1) is 15.2. The number of nitriles is 1. The minimum atomic E-state index is -0.504. The molecule has 0 radical (unpaired) electrons. The Morgan fingerprint density at radius 3 is 2.56 bits per heavy atom. The van der Waals surface area contributed by atoms with Gasteiger partial charge in [0.2, 0.25) is 5.91 Å². The number of amides is 1. The minimum absolute atomic E-state index is 0.150. The van der Waals surface area contributed by atoms with Crippen molar-refractivity contribution in [2.24, 2.45) is 18.4 Å². The third kappa shape index (κ3) is 2.86. The van der Waals surface area contributed by atoms with Crippen LogP contribution in [0.4, 0.5) is 4.39 Å². The Morgan fingerprint density at radius 1 is 1.25 bits per heavy atom. The Bertz CT molecular complexity index is 1150.